The molecule has 0 aliphatic heterocycles. The van der Waals surface area contributed by atoms with Gasteiger partial charge in [0.15, 0.2) is 0 Å². The molecule has 0 atom stereocenters. The topological polar surface area (TPSA) is 33.7 Å². The van der Waals surface area contributed by atoms with Crippen LogP contribution in [0.15, 0.2) is 140 Å². The summed E-state index contributed by atoms with van der Waals surface area (Å²) < 4.78 is 4.66. The van der Waals surface area contributed by atoms with Crippen molar-refractivity contribution in [1.82, 2.24) is 9.13 Å². The third kappa shape index (κ3) is 3.21. The summed E-state index contributed by atoms with van der Waals surface area (Å²) in [7, 11) is 0. The molecule has 0 aliphatic carbocycles. The first-order chi connectivity index (χ1) is 19.8. The summed E-state index contributed by atoms with van der Waals surface area (Å²) in [5.41, 5.74) is 9.63. The number of benzene rings is 6. The Morgan fingerprint density at radius 1 is 0.400 bits per heavy atom. The second-order valence-electron chi connectivity index (χ2n) is 10.2. The van der Waals surface area contributed by atoms with E-state index in [1.807, 2.05) is 0 Å². The Balaban J connectivity index is 1.57. The number of hydrogen-bond donors (Lipinski definition) is 1. The molecule has 0 spiro atoms. The van der Waals surface area contributed by atoms with Gasteiger partial charge in [0, 0.05) is 33.3 Å². The van der Waals surface area contributed by atoms with Crippen LogP contribution in [-0.4, -0.2) is 15.3 Å². The smallest absolute Gasteiger partial charge is 0.0577 e. The van der Waals surface area contributed by atoms with Gasteiger partial charge in [0.1, 0.15) is 0 Å². The molecule has 3 heteroatoms. The van der Waals surface area contributed by atoms with Gasteiger partial charge >= 0.3 is 0 Å². The normalized spacial score (nSPS) is 11.6. The average Bonchev–Trinajstić information content (AvgIpc) is 3.54. The number of hydrogen-bond acceptors (Lipinski definition) is 1. The van der Waals surface area contributed by atoms with Crippen LogP contribution in [0, 0.1) is 5.41 Å². The maximum atomic E-state index is 8.79. The van der Waals surface area contributed by atoms with E-state index in [1.54, 1.807) is 0 Å². The standard InChI is InChI=1S/C37H25N3/c38-24-31-36(39-32-18-8-4-14-27(32)28-15-5-9-19-33(28)39)22-26(25-12-2-1-3-13-25)23-37(31)40-34-20-10-6-16-29(34)30-17-7-11-21-35(30)40/h1-24,38H. The molecule has 6 aromatic carbocycles. The van der Waals surface area contributed by atoms with Gasteiger partial charge in [-0.15, -0.1) is 0 Å². The molecule has 188 valence electrons. The fourth-order valence-electron chi connectivity index (χ4n) is 6.30. The van der Waals surface area contributed by atoms with E-state index in [0.29, 0.717) is 0 Å². The molecule has 3 nitrogen and oxygen atoms in total. The van der Waals surface area contributed by atoms with Crippen LogP contribution in [0.3, 0.4) is 0 Å². The molecule has 0 radical (unpaired) electrons. The van der Waals surface area contributed by atoms with Crippen molar-refractivity contribution in [3.8, 4) is 22.5 Å². The van der Waals surface area contributed by atoms with E-state index in [0.717, 1.165) is 50.1 Å². The lowest BCUT2D eigenvalue weighted by Gasteiger charge is -2.19. The van der Waals surface area contributed by atoms with Crippen LogP contribution >= 0.6 is 0 Å². The highest BCUT2D eigenvalue weighted by atomic mass is 15.0. The molecule has 8 rings (SSSR count). The number of nitrogens with one attached hydrogen (secondary N) is 1. The molecule has 8 aromatic rings. The predicted molar refractivity (Wildman–Crippen MR) is 168 cm³/mol. The van der Waals surface area contributed by atoms with Gasteiger partial charge < -0.3 is 14.5 Å². The summed E-state index contributed by atoms with van der Waals surface area (Å²) in [4.78, 5) is 0. The molecular weight excluding hydrogens is 486 g/mol. The van der Waals surface area contributed by atoms with E-state index in [9.17, 15) is 0 Å². The van der Waals surface area contributed by atoms with E-state index in [1.165, 1.54) is 27.8 Å². The van der Waals surface area contributed by atoms with Gasteiger partial charge in [0.2, 0.25) is 0 Å². The van der Waals surface area contributed by atoms with Crippen molar-refractivity contribution < 1.29 is 0 Å². The molecule has 2 heterocycles. The second-order valence-corrected chi connectivity index (χ2v) is 10.2. The van der Waals surface area contributed by atoms with Crippen LogP contribution in [-0.2, 0) is 0 Å². The number of nitrogens with zero attached hydrogens (tertiary/aromatic N) is 2. The highest BCUT2D eigenvalue weighted by molar-refractivity contribution is 6.12. The summed E-state index contributed by atoms with van der Waals surface area (Å²) in [6.07, 6.45) is 1.52. The molecule has 0 aliphatic rings. The Labute approximate surface area is 231 Å². The van der Waals surface area contributed by atoms with Crippen LogP contribution in [0.2, 0.25) is 0 Å². The lowest BCUT2D eigenvalue weighted by atomic mass is 10.00. The number of aromatic nitrogens is 2. The van der Waals surface area contributed by atoms with Crippen molar-refractivity contribution in [2.45, 2.75) is 0 Å². The van der Waals surface area contributed by atoms with E-state index in [4.69, 9.17) is 5.41 Å². The molecule has 2 aromatic heterocycles. The van der Waals surface area contributed by atoms with Crippen LogP contribution in [0.1, 0.15) is 5.56 Å². The molecule has 0 saturated heterocycles. The summed E-state index contributed by atoms with van der Waals surface area (Å²) >= 11 is 0. The molecule has 0 unspecified atom stereocenters. The maximum absolute atomic E-state index is 8.79. The fourth-order valence-corrected chi connectivity index (χ4v) is 6.30. The summed E-state index contributed by atoms with van der Waals surface area (Å²) in [6, 6.07) is 49.3. The van der Waals surface area contributed by atoms with E-state index in [2.05, 4.69) is 149 Å². The first-order valence-corrected chi connectivity index (χ1v) is 13.5. The first-order valence-electron chi connectivity index (χ1n) is 13.5. The third-order valence-electron chi connectivity index (χ3n) is 8.03. The highest BCUT2D eigenvalue weighted by Gasteiger charge is 2.21. The van der Waals surface area contributed by atoms with Crippen molar-refractivity contribution in [3.63, 3.8) is 0 Å². The zero-order valence-corrected chi connectivity index (χ0v) is 21.8. The second kappa shape index (κ2) is 8.82. The largest absolute Gasteiger partial charge is 0.308 e. The Kier molecular flexibility index (Phi) is 4.98. The molecular formula is C37H25N3. The Bertz CT molecular complexity index is 1990. The van der Waals surface area contributed by atoms with Crippen molar-refractivity contribution in [1.29, 1.82) is 5.41 Å². The van der Waals surface area contributed by atoms with Gasteiger partial charge in [-0.05, 0) is 47.5 Å². The zero-order chi connectivity index (χ0) is 26.6. The number of para-hydroxylation sites is 4. The summed E-state index contributed by atoms with van der Waals surface area (Å²) in [6.45, 7) is 0. The summed E-state index contributed by atoms with van der Waals surface area (Å²) in [5, 5.41) is 13.6. The minimum atomic E-state index is 0.873. The Morgan fingerprint density at radius 3 is 1.12 bits per heavy atom. The van der Waals surface area contributed by atoms with Gasteiger partial charge in [0.25, 0.3) is 0 Å². The Morgan fingerprint density at radius 2 is 0.750 bits per heavy atom. The number of rotatable bonds is 4. The van der Waals surface area contributed by atoms with E-state index >= 15 is 0 Å². The van der Waals surface area contributed by atoms with Crippen LogP contribution in [0.25, 0.3) is 66.1 Å². The highest BCUT2D eigenvalue weighted by Crippen LogP contribution is 2.39. The lowest BCUT2D eigenvalue weighted by molar-refractivity contribution is 1.13. The van der Waals surface area contributed by atoms with Crippen LogP contribution in [0.4, 0.5) is 0 Å². The van der Waals surface area contributed by atoms with Crippen molar-refractivity contribution >= 4 is 49.8 Å². The average molecular weight is 512 g/mol. The fraction of sp³-hybridized carbons (Fsp3) is 0. The van der Waals surface area contributed by atoms with Gasteiger partial charge in [0.05, 0.1) is 33.4 Å². The molecule has 0 amide bonds. The maximum Gasteiger partial charge on any atom is 0.0577 e. The minimum absolute atomic E-state index is 0.873. The molecule has 0 bridgehead atoms. The van der Waals surface area contributed by atoms with Gasteiger partial charge in [-0.1, -0.05) is 103 Å². The predicted octanol–water partition coefficient (Wildman–Crippen LogP) is 9.55. The first kappa shape index (κ1) is 22.6. The van der Waals surface area contributed by atoms with Gasteiger partial charge in [-0.2, -0.15) is 0 Å². The van der Waals surface area contributed by atoms with Gasteiger partial charge in [-0.25, -0.2) is 0 Å². The Hall–Kier alpha value is -5.41. The third-order valence-corrected chi connectivity index (χ3v) is 8.03. The van der Waals surface area contributed by atoms with Crippen molar-refractivity contribution in [2.75, 3.05) is 0 Å². The minimum Gasteiger partial charge on any atom is -0.308 e. The van der Waals surface area contributed by atoms with Gasteiger partial charge in [-0.3, -0.25) is 0 Å². The lowest BCUT2D eigenvalue weighted by Crippen LogP contribution is -2.06. The molecule has 40 heavy (non-hydrogen) atoms. The van der Waals surface area contributed by atoms with Crippen molar-refractivity contribution in [3.05, 3.63) is 145 Å². The number of fused-ring (bicyclic) bond motifs is 6. The molecule has 0 fully saturated rings. The van der Waals surface area contributed by atoms with Crippen LogP contribution < -0.4 is 0 Å². The molecule has 0 saturated carbocycles. The quantitative estimate of drug-likeness (QED) is 0.228. The van der Waals surface area contributed by atoms with Crippen molar-refractivity contribution in [2.24, 2.45) is 0 Å². The van der Waals surface area contributed by atoms with Crippen LogP contribution in [0.5, 0.6) is 0 Å². The monoisotopic (exact) mass is 511 g/mol. The molecule has 1 N–H and O–H groups in total. The van der Waals surface area contributed by atoms with E-state index in [-0.39, 0.29) is 0 Å². The van der Waals surface area contributed by atoms with E-state index < -0.39 is 0 Å². The SMILES string of the molecule is N=Cc1c(-n2c3ccccc3c3ccccc32)cc(-c2ccccc2)cc1-n1c2ccccc2c2ccccc21. The zero-order valence-electron chi connectivity index (χ0n) is 21.8. The summed E-state index contributed by atoms with van der Waals surface area (Å²) in [5.74, 6) is 0.